The van der Waals surface area contributed by atoms with E-state index in [1.165, 1.54) is 6.07 Å². The summed E-state index contributed by atoms with van der Waals surface area (Å²) in [7, 11) is 0. The average molecular weight is 354 g/mol. The van der Waals surface area contributed by atoms with Crippen LogP contribution in [-0.2, 0) is 4.74 Å². The van der Waals surface area contributed by atoms with Crippen LogP contribution < -0.4 is 10.6 Å². The van der Waals surface area contributed by atoms with Gasteiger partial charge < -0.3 is 15.4 Å². The van der Waals surface area contributed by atoms with Crippen LogP contribution in [0.3, 0.4) is 0 Å². The predicted molar refractivity (Wildman–Crippen MR) is 99.4 cm³/mol. The fraction of sp³-hybridized carbons (Fsp3) is 0.250. The Labute approximate surface area is 152 Å². The normalized spacial score (nSPS) is 10.1. The average Bonchev–Trinajstić information content (AvgIpc) is 2.66. The molecule has 6 heteroatoms. The van der Waals surface area contributed by atoms with E-state index in [1.54, 1.807) is 49.4 Å². The maximum atomic E-state index is 12.5. The highest BCUT2D eigenvalue weighted by Crippen LogP contribution is 2.18. The van der Waals surface area contributed by atoms with Gasteiger partial charge in [-0.25, -0.2) is 4.79 Å². The minimum absolute atomic E-state index is 0.228. The standard InChI is InChI=1S/C20H22N2O4/c1-3-12-21-18(23)14-8-7-9-15(13-14)19(24)22-17-11-6-5-10-16(17)20(25)26-4-2/h5-11,13H,3-4,12H2,1-2H3,(H,21,23)(H,22,24). The van der Waals surface area contributed by atoms with E-state index in [2.05, 4.69) is 10.6 Å². The summed E-state index contributed by atoms with van der Waals surface area (Å²) in [6.07, 6.45) is 0.830. The lowest BCUT2D eigenvalue weighted by atomic mass is 10.1. The Kier molecular flexibility index (Phi) is 6.91. The van der Waals surface area contributed by atoms with Crippen molar-refractivity contribution in [3.8, 4) is 0 Å². The fourth-order valence-electron chi connectivity index (χ4n) is 2.32. The van der Waals surface area contributed by atoms with Gasteiger partial charge in [0.2, 0.25) is 0 Å². The molecule has 0 aliphatic carbocycles. The molecule has 0 bridgehead atoms. The van der Waals surface area contributed by atoms with E-state index >= 15 is 0 Å². The minimum atomic E-state index is -0.504. The summed E-state index contributed by atoms with van der Waals surface area (Å²) in [6.45, 7) is 4.50. The molecule has 0 saturated carbocycles. The molecule has 0 unspecified atom stereocenters. The predicted octanol–water partition coefficient (Wildman–Crippen LogP) is 3.26. The molecule has 0 spiro atoms. The van der Waals surface area contributed by atoms with Gasteiger partial charge in [-0.05, 0) is 43.7 Å². The van der Waals surface area contributed by atoms with Crippen molar-refractivity contribution in [3.05, 3.63) is 65.2 Å². The zero-order chi connectivity index (χ0) is 18.9. The Hall–Kier alpha value is -3.15. The molecule has 136 valence electrons. The van der Waals surface area contributed by atoms with Crippen LogP contribution in [0.2, 0.25) is 0 Å². The fourth-order valence-corrected chi connectivity index (χ4v) is 2.32. The molecule has 0 aliphatic heterocycles. The lowest BCUT2D eigenvalue weighted by molar-refractivity contribution is 0.0527. The van der Waals surface area contributed by atoms with Crippen LogP contribution in [-0.4, -0.2) is 30.9 Å². The quantitative estimate of drug-likeness (QED) is 0.748. The highest BCUT2D eigenvalue weighted by atomic mass is 16.5. The van der Waals surface area contributed by atoms with Crippen LogP contribution in [0.4, 0.5) is 5.69 Å². The second-order valence-corrected chi connectivity index (χ2v) is 5.56. The van der Waals surface area contributed by atoms with Crippen molar-refractivity contribution in [3.63, 3.8) is 0 Å². The third-order valence-electron chi connectivity index (χ3n) is 3.59. The van der Waals surface area contributed by atoms with Gasteiger partial charge in [0.05, 0.1) is 17.9 Å². The largest absolute Gasteiger partial charge is 0.462 e. The highest BCUT2D eigenvalue weighted by Gasteiger charge is 2.15. The van der Waals surface area contributed by atoms with Crippen molar-refractivity contribution >= 4 is 23.5 Å². The molecule has 26 heavy (non-hydrogen) atoms. The van der Waals surface area contributed by atoms with Crippen LogP contribution in [0.15, 0.2) is 48.5 Å². The smallest absolute Gasteiger partial charge is 0.340 e. The number of hydrogen-bond donors (Lipinski definition) is 2. The molecule has 0 aromatic heterocycles. The number of ether oxygens (including phenoxy) is 1. The number of nitrogens with one attached hydrogen (secondary N) is 2. The molecule has 0 heterocycles. The molecule has 0 aliphatic rings. The molecule has 2 amide bonds. The van der Waals surface area contributed by atoms with Gasteiger partial charge in [-0.15, -0.1) is 0 Å². The van der Waals surface area contributed by atoms with Crippen LogP contribution >= 0.6 is 0 Å². The van der Waals surface area contributed by atoms with Gasteiger partial charge in [-0.2, -0.15) is 0 Å². The van der Waals surface area contributed by atoms with Gasteiger partial charge in [0.15, 0.2) is 0 Å². The molecular weight excluding hydrogens is 332 g/mol. The van der Waals surface area contributed by atoms with Gasteiger partial charge in [0.1, 0.15) is 0 Å². The first-order valence-corrected chi connectivity index (χ1v) is 8.52. The van der Waals surface area contributed by atoms with E-state index in [0.717, 1.165) is 6.42 Å². The van der Waals surface area contributed by atoms with E-state index in [-0.39, 0.29) is 18.1 Å². The van der Waals surface area contributed by atoms with Crippen LogP contribution in [0.5, 0.6) is 0 Å². The topological polar surface area (TPSA) is 84.5 Å². The molecule has 2 rings (SSSR count). The molecule has 6 nitrogen and oxygen atoms in total. The summed E-state index contributed by atoms with van der Waals surface area (Å²) in [5.41, 5.74) is 1.37. The summed E-state index contributed by atoms with van der Waals surface area (Å²) >= 11 is 0. The molecule has 0 fully saturated rings. The van der Waals surface area contributed by atoms with Gasteiger partial charge in [-0.3, -0.25) is 9.59 Å². The summed E-state index contributed by atoms with van der Waals surface area (Å²) in [4.78, 5) is 36.6. The Morgan fingerprint density at radius 2 is 1.62 bits per heavy atom. The molecule has 2 aromatic rings. The number of para-hydroxylation sites is 1. The van der Waals surface area contributed by atoms with E-state index in [9.17, 15) is 14.4 Å². The monoisotopic (exact) mass is 354 g/mol. The third kappa shape index (κ3) is 4.92. The molecular formula is C20H22N2O4. The lowest BCUT2D eigenvalue weighted by Crippen LogP contribution is -2.24. The van der Waals surface area contributed by atoms with Crippen molar-refractivity contribution in [1.82, 2.24) is 5.32 Å². The Balaban J connectivity index is 2.18. The molecule has 0 radical (unpaired) electrons. The summed E-state index contributed by atoms with van der Waals surface area (Å²) in [5, 5.41) is 5.47. The summed E-state index contributed by atoms with van der Waals surface area (Å²) in [6, 6.07) is 13.0. The molecule has 0 saturated heterocycles. The first-order valence-electron chi connectivity index (χ1n) is 8.52. The van der Waals surface area contributed by atoms with Gasteiger partial charge in [0, 0.05) is 17.7 Å². The number of anilines is 1. The van der Waals surface area contributed by atoms with Crippen LogP contribution in [0.1, 0.15) is 51.3 Å². The maximum Gasteiger partial charge on any atom is 0.340 e. The van der Waals surface area contributed by atoms with Crippen molar-refractivity contribution in [2.45, 2.75) is 20.3 Å². The second kappa shape index (κ2) is 9.36. The number of rotatable bonds is 7. The van der Waals surface area contributed by atoms with E-state index in [4.69, 9.17) is 4.74 Å². The SMILES string of the molecule is CCCNC(=O)c1cccc(C(=O)Nc2ccccc2C(=O)OCC)c1. The lowest BCUT2D eigenvalue weighted by Gasteiger charge is -2.11. The third-order valence-corrected chi connectivity index (χ3v) is 3.59. The Morgan fingerprint density at radius 1 is 0.923 bits per heavy atom. The second-order valence-electron chi connectivity index (χ2n) is 5.56. The number of hydrogen-bond acceptors (Lipinski definition) is 4. The minimum Gasteiger partial charge on any atom is -0.462 e. The number of amides is 2. The van der Waals surface area contributed by atoms with E-state index in [1.807, 2.05) is 6.92 Å². The Bertz CT molecular complexity index is 802. The number of benzene rings is 2. The Morgan fingerprint density at radius 3 is 2.31 bits per heavy atom. The van der Waals surface area contributed by atoms with Crippen LogP contribution in [0, 0.1) is 0 Å². The summed E-state index contributed by atoms with van der Waals surface area (Å²) in [5.74, 6) is -1.14. The van der Waals surface area contributed by atoms with Gasteiger partial charge in [-0.1, -0.05) is 25.1 Å². The van der Waals surface area contributed by atoms with Crippen molar-refractivity contribution in [2.24, 2.45) is 0 Å². The first-order chi connectivity index (χ1) is 12.6. The summed E-state index contributed by atoms with van der Waals surface area (Å²) < 4.78 is 5.00. The maximum absolute atomic E-state index is 12.5. The van der Waals surface area contributed by atoms with E-state index < -0.39 is 11.9 Å². The number of carbonyl (C=O) groups excluding carboxylic acids is 3. The first kappa shape index (κ1) is 19.2. The zero-order valence-electron chi connectivity index (χ0n) is 14.9. The molecule has 2 N–H and O–H groups in total. The van der Waals surface area contributed by atoms with Crippen LogP contribution in [0.25, 0.3) is 0 Å². The zero-order valence-corrected chi connectivity index (χ0v) is 14.9. The number of carbonyl (C=O) groups is 3. The molecule has 0 atom stereocenters. The van der Waals surface area contributed by atoms with E-state index in [0.29, 0.717) is 23.4 Å². The highest BCUT2D eigenvalue weighted by molar-refractivity contribution is 6.09. The van der Waals surface area contributed by atoms with Gasteiger partial charge in [0.25, 0.3) is 11.8 Å². The van der Waals surface area contributed by atoms with Crippen molar-refractivity contribution in [2.75, 3.05) is 18.5 Å². The van der Waals surface area contributed by atoms with Crippen molar-refractivity contribution < 1.29 is 19.1 Å². The molecule has 2 aromatic carbocycles. The number of esters is 1. The van der Waals surface area contributed by atoms with Gasteiger partial charge >= 0.3 is 5.97 Å². The van der Waals surface area contributed by atoms with Crippen molar-refractivity contribution in [1.29, 1.82) is 0 Å².